The molecule has 0 radical (unpaired) electrons. The first-order valence-corrected chi connectivity index (χ1v) is 7.85. The van der Waals surface area contributed by atoms with Gasteiger partial charge in [0.05, 0.1) is 16.3 Å². The van der Waals surface area contributed by atoms with Gasteiger partial charge in [0.1, 0.15) is 12.1 Å². The highest BCUT2D eigenvalue weighted by Gasteiger charge is 2.14. The standard InChI is InChI=1S/C18H13ClF2N2O2/c19-15-3-1-2-14(16(15)21)17(24)22-9-8-13-10-25-18(23-13)11-4-6-12(20)7-5-11/h1-7,10H,8-9H2,(H,22,24). The smallest absolute Gasteiger partial charge is 0.254 e. The van der Waals surface area contributed by atoms with Gasteiger partial charge < -0.3 is 9.73 Å². The third-order valence-electron chi connectivity index (χ3n) is 3.51. The fourth-order valence-electron chi connectivity index (χ4n) is 2.23. The van der Waals surface area contributed by atoms with Gasteiger partial charge in [0.15, 0.2) is 5.82 Å². The summed E-state index contributed by atoms with van der Waals surface area (Å²) in [5.41, 5.74) is 1.16. The summed E-state index contributed by atoms with van der Waals surface area (Å²) in [4.78, 5) is 16.3. The molecule has 3 rings (SSSR count). The zero-order valence-electron chi connectivity index (χ0n) is 12.9. The minimum atomic E-state index is -0.748. The Hall–Kier alpha value is -2.73. The number of aromatic nitrogens is 1. The van der Waals surface area contributed by atoms with Gasteiger partial charge >= 0.3 is 0 Å². The van der Waals surface area contributed by atoms with E-state index >= 15 is 0 Å². The van der Waals surface area contributed by atoms with Crippen LogP contribution < -0.4 is 5.32 Å². The largest absolute Gasteiger partial charge is 0.444 e. The second-order valence-corrected chi connectivity index (χ2v) is 5.67. The van der Waals surface area contributed by atoms with Crippen molar-refractivity contribution in [1.82, 2.24) is 10.3 Å². The van der Waals surface area contributed by atoms with Crippen molar-refractivity contribution in [3.05, 3.63) is 76.6 Å². The number of halogens is 3. The number of carbonyl (C=O) groups excluding carboxylic acids is 1. The predicted molar refractivity (Wildman–Crippen MR) is 89.3 cm³/mol. The van der Waals surface area contributed by atoms with Crippen LogP contribution >= 0.6 is 11.6 Å². The lowest BCUT2D eigenvalue weighted by Crippen LogP contribution is -2.26. The van der Waals surface area contributed by atoms with Crippen LogP contribution in [-0.4, -0.2) is 17.4 Å². The quantitative estimate of drug-likeness (QED) is 0.738. The second-order valence-electron chi connectivity index (χ2n) is 5.26. The summed E-state index contributed by atoms with van der Waals surface area (Å²) in [7, 11) is 0. The fraction of sp³-hybridized carbons (Fsp3) is 0.111. The minimum absolute atomic E-state index is 0.104. The normalized spacial score (nSPS) is 10.7. The number of rotatable bonds is 5. The highest BCUT2D eigenvalue weighted by Crippen LogP contribution is 2.19. The van der Waals surface area contributed by atoms with Crippen LogP contribution in [0.15, 0.2) is 53.1 Å². The van der Waals surface area contributed by atoms with Crippen LogP contribution in [0.2, 0.25) is 5.02 Å². The van der Waals surface area contributed by atoms with Crippen molar-refractivity contribution in [3.8, 4) is 11.5 Å². The van der Waals surface area contributed by atoms with E-state index in [9.17, 15) is 13.6 Å². The molecule has 4 nitrogen and oxygen atoms in total. The molecule has 0 bridgehead atoms. The molecule has 25 heavy (non-hydrogen) atoms. The van der Waals surface area contributed by atoms with E-state index in [4.69, 9.17) is 16.0 Å². The molecular weight excluding hydrogens is 350 g/mol. The van der Waals surface area contributed by atoms with E-state index in [1.54, 1.807) is 12.1 Å². The Balaban J connectivity index is 1.58. The minimum Gasteiger partial charge on any atom is -0.444 e. The maximum atomic E-state index is 13.8. The molecule has 0 unspecified atom stereocenters. The molecule has 2 aromatic carbocycles. The van der Waals surface area contributed by atoms with E-state index in [0.717, 1.165) is 0 Å². The van der Waals surface area contributed by atoms with Gasteiger partial charge in [-0.1, -0.05) is 17.7 Å². The molecule has 7 heteroatoms. The van der Waals surface area contributed by atoms with Crippen LogP contribution in [0.25, 0.3) is 11.5 Å². The zero-order chi connectivity index (χ0) is 17.8. The van der Waals surface area contributed by atoms with E-state index in [1.165, 1.54) is 36.6 Å². The first kappa shape index (κ1) is 17.1. The number of oxazole rings is 1. The molecule has 3 aromatic rings. The van der Waals surface area contributed by atoms with Crippen molar-refractivity contribution in [2.24, 2.45) is 0 Å². The molecule has 0 fully saturated rings. The summed E-state index contributed by atoms with van der Waals surface area (Å²) in [6.45, 7) is 0.250. The molecule has 0 atom stereocenters. The topological polar surface area (TPSA) is 55.1 Å². The summed E-state index contributed by atoms with van der Waals surface area (Å²) in [5.74, 6) is -1.28. The Morgan fingerprint density at radius 2 is 1.92 bits per heavy atom. The Morgan fingerprint density at radius 3 is 2.68 bits per heavy atom. The summed E-state index contributed by atoms with van der Waals surface area (Å²) in [5, 5.41) is 2.50. The number of amides is 1. The molecule has 1 aromatic heterocycles. The van der Waals surface area contributed by atoms with Gasteiger partial charge in [-0.2, -0.15) is 0 Å². The molecule has 1 N–H and O–H groups in total. The molecule has 0 aliphatic rings. The summed E-state index contributed by atoms with van der Waals surface area (Å²) < 4.78 is 32.0. The summed E-state index contributed by atoms with van der Waals surface area (Å²) >= 11 is 5.66. The van der Waals surface area contributed by atoms with E-state index in [0.29, 0.717) is 23.6 Å². The molecule has 1 heterocycles. The van der Waals surface area contributed by atoms with Gasteiger partial charge in [0.25, 0.3) is 5.91 Å². The first-order valence-electron chi connectivity index (χ1n) is 7.47. The number of carbonyl (C=O) groups is 1. The third kappa shape index (κ3) is 4.03. The SMILES string of the molecule is O=C(NCCc1coc(-c2ccc(F)cc2)n1)c1cccc(Cl)c1F. The third-order valence-corrected chi connectivity index (χ3v) is 3.80. The van der Waals surface area contributed by atoms with Crippen LogP contribution in [0.5, 0.6) is 0 Å². The van der Waals surface area contributed by atoms with Crippen molar-refractivity contribution >= 4 is 17.5 Å². The number of hydrogen-bond acceptors (Lipinski definition) is 3. The molecule has 0 aliphatic carbocycles. The lowest BCUT2D eigenvalue weighted by molar-refractivity contribution is 0.0950. The Bertz CT molecular complexity index is 894. The van der Waals surface area contributed by atoms with E-state index in [-0.39, 0.29) is 22.9 Å². The molecule has 0 saturated heterocycles. The molecular formula is C18H13ClF2N2O2. The molecule has 128 valence electrons. The summed E-state index contributed by atoms with van der Waals surface area (Å²) in [6, 6.07) is 10.0. The zero-order valence-corrected chi connectivity index (χ0v) is 13.7. The summed E-state index contributed by atoms with van der Waals surface area (Å²) in [6.07, 6.45) is 1.86. The molecule has 0 aliphatic heterocycles. The Morgan fingerprint density at radius 1 is 1.16 bits per heavy atom. The lowest BCUT2D eigenvalue weighted by Gasteiger charge is -2.05. The number of nitrogens with zero attached hydrogens (tertiary/aromatic N) is 1. The van der Waals surface area contributed by atoms with Crippen LogP contribution in [0.4, 0.5) is 8.78 Å². The predicted octanol–water partition coefficient (Wildman–Crippen LogP) is 4.25. The first-order chi connectivity index (χ1) is 12.0. The van der Waals surface area contributed by atoms with Crippen LogP contribution in [0.3, 0.4) is 0 Å². The van der Waals surface area contributed by atoms with Crippen LogP contribution in [0.1, 0.15) is 16.1 Å². The van der Waals surface area contributed by atoms with Crippen molar-refractivity contribution in [1.29, 1.82) is 0 Å². The number of benzene rings is 2. The number of hydrogen-bond donors (Lipinski definition) is 1. The van der Waals surface area contributed by atoms with Crippen molar-refractivity contribution in [2.45, 2.75) is 6.42 Å². The van der Waals surface area contributed by atoms with Crippen molar-refractivity contribution in [2.75, 3.05) is 6.54 Å². The van der Waals surface area contributed by atoms with E-state index in [1.807, 2.05) is 0 Å². The number of nitrogens with one attached hydrogen (secondary N) is 1. The fourth-order valence-corrected chi connectivity index (χ4v) is 2.40. The average Bonchev–Trinajstić information content (AvgIpc) is 3.07. The maximum Gasteiger partial charge on any atom is 0.254 e. The highest BCUT2D eigenvalue weighted by atomic mass is 35.5. The van der Waals surface area contributed by atoms with Gasteiger partial charge in [-0.15, -0.1) is 0 Å². The van der Waals surface area contributed by atoms with Gasteiger partial charge in [-0.25, -0.2) is 13.8 Å². The van der Waals surface area contributed by atoms with Gasteiger partial charge in [0, 0.05) is 18.5 Å². The van der Waals surface area contributed by atoms with Crippen molar-refractivity contribution < 1.29 is 18.0 Å². The second kappa shape index (κ2) is 7.44. The Labute approximate surface area is 147 Å². The molecule has 0 spiro atoms. The van der Waals surface area contributed by atoms with Gasteiger partial charge in [-0.05, 0) is 36.4 Å². The van der Waals surface area contributed by atoms with Gasteiger partial charge in [0.2, 0.25) is 5.89 Å². The van der Waals surface area contributed by atoms with Crippen LogP contribution in [0, 0.1) is 11.6 Å². The molecule has 0 saturated carbocycles. The monoisotopic (exact) mass is 362 g/mol. The van der Waals surface area contributed by atoms with Crippen LogP contribution in [-0.2, 0) is 6.42 Å². The average molecular weight is 363 g/mol. The van der Waals surface area contributed by atoms with E-state index < -0.39 is 11.7 Å². The highest BCUT2D eigenvalue weighted by molar-refractivity contribution is 6.31. The van der Waals surface area contributed by atoms with E-state index in [2.05, 4.69) is 10.3 Å². The molecule has 1 amide bonds. The Kier molecular flexibility index (Phi) is 5.09. The lowest BCUT2D eigenvalue weighted by atomic mass is 10.2. The van der Waals surface area contributed by atoms with Crippen molar-refractivity contribution in [3.63, 3.8) is 0 Å². The van der Waals surface area contributed by atoms with Gasteiger partial charge in [-0.3, -0.25) is 4.79 Å². The maximum absolute atomic E-state index is 13.8.